The van der Waals surface area contributed by atoms with Crippen molar-refractivity contribution in [3.05, 3.63) is 24.3 Å². The lowest BCUT2D eigenvalue weighted by Crippen LogP contribution is -2.04. The largest absolute Gasteiger partial charge is 0.396 e. The third kappa shape index (κ3) is 33.5. The SMILES string of the molecule is CCCCCC[C@@H](O)C/C=C\CCCCCCCCCCCCCC[C@@H](O)C/C=C\CCCCCCCCO. The highest BCUT2D eigenvalue weighted by Gasteiger charge is 2.02. The first-order valence-electron chi connectivity index (χ1n) is 17.5. The van der Waals surface area contributed by atoms with Crippen LogP contribution in [0.2, 0.25) is 0 Å². The number of aliphatic hydroxyl groups is 3. The van der Waals surface area contributed by atoms with Crippen molar-refractivity contribution in [2.75, 3.05) is 6.61 Å². The van der Waals surface area contributed by atoms with Gasteiger partial charge in [0.25, 0.3) is 0 Å². The molecule has 0 aromatic rings. The van der Waals surface area contributed by atoms with Crippen LogP contribution in [0.5, 0.6) is 0 Å². The standard InChI is InChI=1S/C36H70O3/c1-2-3-4-25-30-35(38)31-26-21-17-13-10-8-6-5-7-9-11-14-18-22-27-32-36(39)33-28-23-19-15-12-16-20-24-29-34-37/h21,23,26,28,35-39H,2-20,22,24-25,27,29-34H2,1H3/b26-21-,28-23-/t35-,36-/m1/s1. The van der Waals surface area contributed by atoms with E-state index in [1.54, 1.807) is 0 Å². The van der Waals surface area contributed by atoms with Crippen LogP contribution in [0.25, 0.3) is 0 Å². The van der Waals surface area contributed by atoms with Crippen LogP contribution in [0.1, 0.15) is 187 Å². The summed E-state index contributed by atoms with van der Waals surface area (Å²) >= 11 is 0. The topological polar surface area (TPSA) is 60.7 Å². The Morgan fingerprint density at radius 2 is 0.744 bits per heavy atom. The average Bonchev–Trinajstić information content (AvgIpc) is 2.93. The van der Waals surface area contributed by atoms with Crippen LogP contribution in [0, 0.1) is 0 Å². The van der Waals surface area contributed by atoms with E-state index in [9.17, 15) is 10.2 Å². The van der Waals surface area contributed by atoms with Crippen molar-refractivity contribution in [3.8, 4) is 0 Å². The summed E-state index contributed by atoms with van der Waals surface area (Å²) in [6.45, 7) is 2.56. The maximum atomic E-state index is 10.2. The summed E-state index contributed by atoms with van der Waals surface area (Å²) in [5.74, 6) is 0. The molecule has 0 radical (unpaired) electrons. The molecule has 0 rings (SSSR count). The molecular formula is C36H70O3. The minimum Gasteiger partial charge on any atom is -0.396 e. The van der Waals surface area contributed by atoms with Gasteiger partial charge in [0.1, 0.15) is 0 Å². The van der Waals surface area contributed by atoms with Crippen molar-refractivity contribution in [3.63, 3.8) is 0 Å². The van der Waals surface area contributed by atoms with Gasteiger partial charge in [-0.1, -0.05) is 153 Å². The second kappa shape index (κ2) is 33.6. The summed E-state index contributed by atoms with van der Waals surface area (Å²) in [5, 5.41) is 28.9. The quantitative estimate of drug-likeness (QED) is 0.0576. The van der Waals surface area contributed by atoms with Gasteiger partial charge in [-0.2, -0.15) is 0 Å². The van der Waals surface area contributed by atoms with Crippen LogP contribution < -0.4 is 0 Å². The summed E-state index contributed by atoms with van der Waals surface area (Å²) in [5.41, 5.74) is 0. The first-order valence-corrected chi connectivity index (χ1v) is 17.5. The molecule has 0 aromatic heterocycles. The Labute approximate surface area is 245 Å². The number of allylic oxidation sites excluding steroid dienone is 2. The molecule has 2 atom stereocenters. The monoisotopic (exact) mass is 551 g/mol. The Morgan fingerprint density at radius 1 is 0.410 bits per heavy atom. The van der Waals surface area contributed by atoms with E-state index in [-0.39, 0.29) is 12.2 Å². The summed E-state index contributed by atoms with van der Waals surface area (Å²) in [7, 11) is 0. The van der Waals surface area contributed by atoms with Gasteiger partial charge in [0.15, 0.2) is 0 Å². The van der Waals surface area contributed by atoms with E-state index in [2.05, 4.69) is 31.2 Å². The minimum atomic E-state index is -0.159. The average molecular weight is 551 g/mol. The van der Waals surface area contributed by atoms with Crippen molar-refractivity contribution in [2.45, 2.75) is 199 Å². The van der Waals surface area contributed by atoms with Crippen molar-refractivity contribution < 1.29 is 15.3 Å². The summed E-state index contributed by atoms with van der Waals surface area (Å²) in [6.07, 6.45) is 42.7. The van der Waals surface area contributed by atoms with Gasteiger partial charge in [-0.05, 0) is 57.8 Å². The molecule has 0 heterocycles. The molecule has 0 spiro atoms. The zero-order valence-corrected chi connectivity index (χ0v) is 26.3. The summed E-state index contributed by atoms with van der Waals surface area (Å²) in [4.78, 5) is 0. The van der Waals surface area contributed by atoms with Crippen LogP contribution >= 0.6 is 0 Å². The van der Waals surface area contributed by atoms with Crippen LogP contribution in [0.4, 0.5) is 0 Å². The van der Waals surface area contributed by atoms with Crippen LogP contribution in [-0.4, -0.2) is 34.1 Å². The predicted octanol–water partition coefficient (Wildman–Crippen LogP) is 10.8. The fraction of sp³-hybridized carbons (Fsp3) is 0.889. The normalized spacial score (nSPS) is 13.6. The lowest BCUT2D eigenvalue weighted by atomic mass is 10.0. The zero-order chi connectivity index (χ0) is 28.5. The highest BCUT2D eigenvalue weighted by Crippen LogP contribution is 2.15. The Balaban J connectivity index is 3.27. The maximum absolute atomic E-state index is 10.2. The van der Waals surface area contributed by atoms with Gasteiger partial charge >= 0.3 is 0 Å². The summed E-state index contributed by atoms with van der Waals surface area (Å²) < 4.78 is 0. The molecule has 3 N–H and O–H groups in total. The summed E-state index contributed by atoms with van der Waals surface area (Å²) in [6, 6.07) is 0. The van der Waals surface area contributed by atoms with Crippen molar-refractivity contribution in [1.82, 2.24) is 0 Å². The third-order valence-corrected chi connectivity index (χ3v) is 7.98. The molecule has 0 aromatic carbocycles. The maximum Gasteiger partial charge on any atom is 0.0574 e. The van der Waals surface area contributed by atoms with Crippen LogP contribution in [-0.2, 0) is 0 Å². The van der Waals surface area contributed by atoms with E-state index in [4.69, 9.17) is 5.11 Å². The number of aliphatic hydroxyl groups excluding tert-OH is 3. The molecule has 0 unspecified atom stereocenters. The zero-order valence-electron chi connectivity index (χ0n) is 26.3. The van der Waals surface area contributed by atoms with Crippen LogP contribution in [0.15, 0.2) is 24.3 Å². The molecule has 39 heavy (non-hydrogen) atoms. The molecule has 3 nitrogen and oxygen atoms in total. The smallest absolute Gasteiger partial charge is 0.0574 e. The third-order valence-electron chi connectivity index (χ3n) is 7.98. The van der Waals surface area contributed by atoms with E-state index in [1.165, 1.54) is 128 Å². The van der Waals surface area contributed by atoms with Gasteiger partial charge in [0, 0.05) is 6.61 Å². The predicted molar refractivity (Wildman–Crippen MR) is 172 cm³/mol. The highest BCUT2D eigenvalue weighted by atomic mass is 16.3. The van der Waals surface area contributed by atoms with Crippen molar-refractivity contribution in [2.24, 2.45) is 0 Å². The molecule has 0 saturated carbocycles. The van der Waals surface area contributed by atoms with Gasteiger partial charge in [-0.3, -0.25) is 0 Å². The lowest BCUT2D eigenvalue weighted by molar-refractivity contribution is 0.163. The molecule has 0 aliphatic heterocycles. The molecule has 0 aliphatic carbocycles. The highest BCUT2D eigenvalue weighted by molar-refractivity contribution is 4.84. The molecule has 0 aliphatic rings. The lowest BCUT2D eigenvalue weighted by Gasteiger charge is -2.08. The number of rotatable bonds is 32. The fourth-order valence-corrected chi connectivity index (χ4v) is 5.28. The molecule has 0 fully saturated rings. The van der Waals surface area contributed by atoms with Gasteiger partial charge in [0.2, 0.25) is 0 Å². The Kier molecular flexibility index (Phi) is 33.0. The van der Waals surface area contributed by atoms with E-state index < -0.39 is 0 Å². The van der Waals surface area contributed by atoms with Gasteiger partial charge in [-0.25, -0.2) is 0 Å². The second-order valence-corrected chi connectivity index (χ2v) is 12.0. The first-order chi connectivity index (χ1) is 19.2. The first kappa shape index (κ1) is 38.4. The molecule has 0 bridgehead atoms. The van der Waals surface area contributed by atoms with E-state index in [0.717, 1.165) is 51.4 Å². The molecule has 0 amide bonds. The number of hydrogen-bond donors (Lipinski definition) is 3. The number of hydrogen-bond acceptors (Lipinski definition) is 3. The Morgan fingerprint density at radius 3 is 1.13 bits per heavy atom. The van der Waals surface area contributed by atoms with E-state index >= 15 is 0 Å². The molecule has 3 heteroatoms. The molecule has 0 saturated heterocycles. The molecular weight excluding hydrogens is 480 g/mol. The van der Waals surface area contributed by atoms with Crippen molar-refractivity contribution >= 4 is 0 Å². The Hall–Kier alpha value is -0.640. The van der Waals surface area contributed by atoms with Crippen LogP contribution in [0.3, 0.4) is 0 Å². The minimum absolute atomic E-state index is 0.136. The fourth-order valence-electron chi connectivity index (χ4n) is 5.28. The Bertz CT molecular complexity index is 502. The van der Waals surface area contributed by atoms with Gasteiger partial charge < -0.3 is 15.3 Å². The number of unbranched alkanes of at least 4 members (excludes halogenated alkanes) is 21. The van der Waals surface area contributed by atoms with E-state index in [1.807, 2.05) is 0 Å². The second-order valence-electron chi connectivity index (χ2n) is 12.0. The molecule has 232 valence electrons. The van der Waals surface area contributed by atoms with E-state index in [0.29, 0.717) is 6.61 Å². The van der Waals surface area contributed by atoms with Gasteiger partial charge in [0.05, 0.1) is 12.2 Å². The van der Waals surface area contributed by atoms with Crippen molar-refractivity contribution in [1.29, 1.82) is 0 Å². The van der Waals surface area contributed by atoms with Gasteiger partial charge in [-0.15, -0.1) is 0 Å².